The van der Waals surface area contributed by atoms with Crippen LogP contribution in [0.2, 0.25) is 0 Å². The fourth-order valence-corrected chi connectivity index (χ4v) is 3.99. The Hall–Kier alpha value is -1.79. The highest BCUT2D eigenvalue weighted by Crippen LogP contribution is 2.47. The zero-order chi connectivity index (χ0) is 16.4. The molecule has 2 aliphatic rings. The lowest BCUT2D eigenvalue weighted by molar-refractivity contribution is -0.162. The maximum absolute atomic E-state index is 12.1. The Morgan fingerprint density at radius 2 is 2.04 bits per heavy atom. The summed E-state index contributed by atoms with van der Waals surface area (Å²) >= 11 is 0. The fourth-order valence-electron chi connectivity index (χ4n) is 3.99. The summed E-state index contributed by atoms with van der Waals surface area (Å²) in [6.07, 6.45) is 4.00. The van der Waals surface area contributed by atoms with Crippen LogP contribution >= 0.6 is 0 Å². The molecule has 0 bridgehead atoms. The number of hydrogen-bond donors (Lipinski definition) is 0. The van der Waals surface area contributed by atoms with E-state index >= 15 is 0 Å². The minimum absolute atomic E-state index is 0.0440. The van der Waals surface area contributed by atoms with Crippen molar-refractivity contribution in [2.24, 2.45) is 5.92 Å². The van der Waals surface area contributed by atoms with E-state index < -0.39 is 5.79 Å². The molecule has 1 aliphatic heterocycles. The first-order chi connectivity index (χ1) is 10.9. The van der Waals surface area contributed by atoms with Crippen LogP contribution < -0.4 is 0 Å². The van der Waals surface area contributed by atoms with Gasteiger partial charge in [0.25, 0.3) is 0 Å². The van der Waals surface area contributed by atoms with Crippen LogP contribution in [0.4, 0.5) is 0 Å². The molecule has 0 radical (unpaired) electrons. The average Bonchev–Trinajstić information content (AvgIpc) is 3.09. The van der Waals surface area contributed by atoms with Gasteiger partial charge >= 0.3 is 0 Å². The normalized spacial score (nSPS) is 32.3. The number of aryl methyl sites for hydroxylation is 1. The van der Waals surface area contributed by atoms with Crippen LogP contribution in [0.5, 0.6) is 0 Å². The average molecular weight is 315 g/mol. The van der Waals surface area contributed by atoms with Gasteiger partial charge in [0, 0.05) is 17.5 Å². The van der Waals surface area contributed by atoms with Crippen molar-refractivity contribution in [2.75, 3.05) is 0 Å². The smallest absolute Gasteiger partial charge is 0.163 e. The number of carbonyl (C=O) groups is 1. The molecule has 0 N–H and O–H groups in total. The lowest BCUT2D eigenvalue weighted by Gasteiger charge is -2.24. The van der Waals surface area contributed by atoms with Crippen LogP contribution in [0, 0.1) is 12.8 Å². The van der Waals surface area contributed by atoms with Crippen LogP contribution in [-0.4, -0.2) is 38.3 Å². The molecular formula is C17H21N3O3. The van der Waals surface area contributed by atoms with Crippen molar-refractivity contribution in [3.05, 3.63) is 24.3 Å². The molecule has 23 heavy (non-hydrogen) atoms. The molecule has 6 nitrogen and oxygen atoms in total. The van der Waals surface area contributed by atoms with E-state index in [1.165, 1.54) is 0 Å². The molecular weight excluding hydrogens is 294 g/mol. The van der Waals surface area contributed by atoms with Crippen LogP contribution in [0.15, 0.2) is 18.6 Å². The first-order valence-electron chi connectivity index (χ1n) is 8.01. The standard InChI is InChI=1S/C17H21N3O3/c1-9-11-5-6-20(16(11)19-8-18-9)13-7-12(10(2)21)14-15(13)23-17(3,4)22-14/h5-6,8,12-15H,7H2,1-4H3/t12-,13-,14-,15+/m1/s1. The highest BCUT2D eigenvalue weighted by Gasteiger charge is 2.55. The lowest BCUT2D eigenvalue weighted by Crippen LogP contribution is -2.29. The maximum atomic E-state index is 12.1. The first kappa shape index (κ1) is 14.8. The summed E-state index contributed by atoms with van der Waals surface area (Å²) in [7, 11) is 0. The van der Waals surface area contributed by atoms with Gasteiger partial charge in [0.15, 0.2) is 5.79 Å². The van der Waals surface area contributed by atoms with Crippen molar-refractivity contribution >= 4 is 16.8 Å². The zero-order valence-electron chi connectivity index (χ0n) is 13.8. The van der Waals surface area contributed by atoms with Gasteiger partial charge in [0.1, 0.15) is 23.9 Å². The Bertz CT molecular complexity index is 782. The van der Waals surface area contributed by atoms with Gasteiger partial charge in [0.2, 0.25) is 0 Å². The van der Waals surface area contributed by atoms with Gasteiger partial charge in [0.05, 0.1) is 17.8 Å². The minimum Gasteiger partial charge on any atom is -0.344 e. The van der Waals surface area contributed by atoms with Crippen molar-refractivity contribution in [3.8, 4) is 0 Å². The van der Waals surface area contributed by atoms with Gasteiger partial charge in [-0.2, -0.15) is 0 Å². The molecule has 6 heteroatoms. The number of nitrogens with zero attached hydrogens (tertiary/aromatic N) is 3. The summed E-state index contributed by atoms with van der Waals surface area (Å²) < 4.78 is 14.3. The van der Waals surface area contributed by atoms with Gasteiger partial charge in [-0.1, -0.05) is 0 Å². The predicted octanol–water partition coefficient (Wildman–Crippen LogP) is 2.41. The van der Waals surface area contributed by atoms with Crippen LogP contribution in [0.1, 0.15) is 38.9 Å². The largest absolute Gasteiger partial charge is 0.344 e. The van der Waals surface area contributed by atoms with Crippen molar-refractivity contribution in [1.82, 2.24) is 14.5 Å². The first-order valence-corrected chi connectivity index (χ1v) is 8.01. The molecule has 0 spiro atoms. The Balaban J connectivity index is 1.78. The molecule has 122 valence electrons. The summed E-state index contributed by atoms with van der Waals surface area (Å²) in [6.45, 7) is 7.42. The van der Waals surface area contributed by atoms with Crippen LogP contribution in [0.3, 0.4) is 0 Å². The second-order valence-corrected chi connectivity index (χ2v) is 7.00. The maximum Gasteiger partial charge on any atom is 0.163 e. The molecule has 4 atom stereocenters. The number of carbonyl (C=O) groups excluding carboxylic acids is 1. The van der Waals surface area contributed by atoms with E-state index in [0.717, 1.165) is 16.7 Å². The number of ketones is 1. The molecule has 4 rings (SSSR count). The number of Topliss-reactive ketones (excluding diaryl/α,β-unsaturated/α-hetero) is 1. The Kier molecular flexibility index (Phi) is 3.12. The highest BCUT2D eigenvalue weighted by molar-refractivity contribution is 5.80. The second-order valence-electron chi connectivity index (χ2n) is 7.00. The second kappa shape index (κ2) is 4.85. The van der Waals surface area contributed by atoms with E-state index in [-0.39, 0.29) is 30.0 Å². The molecule has 0 unspecified atom stereocenters. The third kappa shape index (κ3) is 2.20. The summed E-state index contributed by atoms with van der Waals surface area (Å²) in [6, 6.07) is 2.07. The molecule has 1 saturated carbocycles. The van der Waals surface area contributed by atoms with Crippen molar-refractivity contribution in [1.29, 1.82) is 0 Å². The number of ether oxygens (including phenoxy) is 2. The van der Waals surface area contributed by atoms with Gasteiger partial charge in [-0.3, -0.25) is 4.79 Å². The lowest BCUT2D eigenvalue weighted by atomic mass is 10.0. The predicted molar refractivity (Wildman–Crippen MR) is 83.9 cm³/mol. The number of hydrogen-bond acceptors (Lipinski definition) is 5. The van der Waals surface area contributed by atoms with E-state index in [1.807, 2.05) is 33.0 Å². The summed E-state index contributed by atoms with van der Waals surface area (Å²) in [5.74, 6) is -0.631. The SMILES string of the molecule is CC(=O)[C@H]1C[C@@H](n2ccc3c(C)ncnc32)[C@@H]2OC(C)(C)O[C@@H]21. The molecule has 2 aromatic rings. The van der Waals surface area contributed by atoms with E-state index in [1.54, 1.807) is 13.3 Å². The monoisotopic (exact) mass is 315 g/mol. The summed E-state index contributed by atoms with van der Waals surface area (Å²) in [5, 5.41) is 1.04. The Labute approximate surface area is 134 Å². The quantitative estimate of drug-likeness (QED) is 0.851. The summed E-state index contributed by atoms with van der Waals surface area (Å²) in [4.78, 5) is 20.7. The van der Waals surface area contributed by atoms with Gasteiger partial charge in [-0.15, -0.1) is 0 Å². The number of fused-ring (bicyclic) bond motifs is 2. The van der Waals surface area contributed by atoms with Crippen LogP contribution in [0.25, 0.3) is 11.0 Å². The van der Waals surface area contributed by atoms with E-state index in [9.17, 15) is 4.79 Å². The molecule has 2 aromatic heterocycles. The molecule has 1 aliphatic carbocycles. The van der Waals surface area contributed by atoms with Gasteiger partial charge in [-0.05, 0) is 40.2 Å². The zero-order valence-corrected chi connectivity index (χ0v) is 13.8. The van der Waals surface area contributed by atoms with Crippen molar-refractivity contribution in [3.63, 3.8) is 0 Å². The van der Waals surface area contributed by atoms with Gasteiger partial charge < -0.3 is 14.0 Å². The minimum atomic E-state index is -0.657. The Morgan fingerprint density at radius 3 is 2.78 bits per heavy atom. The third-order valence-corrected chi connectivity index (χ3v) is 5.02. The number of aromatic nitrogens is 3. The topological polar surface area (TPSA) is 66.2 Å². The van der Waals surface area contributed by atoms with Gasteiger partial charge in [-0.25, -0.2) is 9.97 Å². The molecule has 1 saturated heterocycles. The van der Waals surface area contributed by atoms with E-state index in [0.29, 0.717) is 6.42 Å². The van der Waals surface area contributed by atoms with E-state index in [2.05, 4.69) is 14.5 Å². The van der Waals surface area contributed by atoms with Crippen LogP contribution in [-0.2, 0) is 14.3 Å². The van der Waals surface area contributed by atoms with Crippen molar-refractivity contribution < 1.29 is 14.3 Å². The van der Waals surface area contributed by atoms with Crippen molar-refractivity contribution in [2.45, 2.75) is 58.2 Å². The third-order valence-electron chi connectivity index (χ3n) is 5.02. The van der Waals surface area contributed by atoms with E-state index in [4.69, 9.17) is 9.47 Å². The Morgan fingerprint density at radius 1 is 1.30 bits per heavy atom. The summed E-state index contributed by atoms with van der Waals surface area (Å²) in [5.41, 5.74) is 1.84. The number of rotatable bonds is 2. The fraction of sp³-hybridized carbons (Fsp3) is 0.588. The molecule has 3 heterocycles. The molecule has 2 fully saturated rings. The highest BCUT2D eigenvalue weighted by atomic mass is 16.8. The molecule has 0 aromatic carbocycles. The molecule has 0 amide bonds.